The Bertz CT molecular complexity index is 632. The van der Waals surface area contributed by atoms with Crippen LogP contribution in [0, 0.1) is 0 Å². The van der Waals surface area contributed by atoms with Crippen molar-refractivity contribution in [3.63, 3.8) is 0 Å². The smallest absolute Gasteiger partial charge is 0.336 e. The van der Waals surface area contributed by atoms with Gasteiger partial charge < -0.3 is 10.4 Å². The second kappa shape index (κ2) is 6.02. The summed E-state index contributed by atoms with van der Waals surface area (Å²) in [5.74, 6) is -1.54. The summed E-state index contributed by atoms with van der Waals surface area (Å²) >= 11 is 0. The van der Waals surface area contributed by atoms with Gasteiger partial charge in [0, 0.05) is 5.69 Å². The molecular weight excluding hydrogens is 254 g/mol. The number of rotatable bonds is 4. The van der Waals surface area contributed by atoms with Crippen LogP contribution in [0.25, 0.3) is 0 Å². The van der Waals surface area contributed by atoms with Gasteiger partial charge in [-0.15, -0.1) is 0 Å². The molecule has 4 nitrogen and oxygen atoms in total. The molecule has 2 aromatic carbocycles. The summed E-state index contributed by atoms with van der Waals surface area (Å²) in [4.78, 5) is 23.2. The molecule has 0 aliphatic heterocycles. The highest BCUT2D eigenvalue weighted by Gasteiger charge is 2.15. The number of anilines is 1. The van der Waals surface area contributed by atoms with Crippen LogP contribution in [0.1, 0.15) is 33.2 Å². The lowest BCUT2D eigenvalue weighted by molar-refractivity contribution is 0.0692. The summed E-state index contributed by atoms with van der Waals surface area (Å²) in [7, 11) is 0. The Labute approximate surface area is 117 Å². The molecular formula is C16H15NO3. The summed E-state index contributed by atoms with van der Waals surface area (Å²) in [5, 5.41) is 11.8. The molecule has 20 heavy (non-hydrogen) atoms. The molecule has 0 aromatic heterocycles. The van der Waals surface area contributed by atoms with Crippen LogP contribution in [0.15, 0.2) is 48.5 Å². The maximum atomic E-state index is 12.1. The van der Waals surface area contributed by atoms with Crippen molar-refractivity contribution in [1.82, 2.24) is 0 Å². The van der Waals surface area contributed by atoms with E-state index in [1.54, 1.807) is 24.3 Å². The van der Waals surface area contributed by atoms with E-state index in [1.165, 1.54) is 17.7 Å². The topological polar surface area (TPSA) is 66.4 Å². The predicted octanol–water partition coefficient (Wildman–Crippen LogP) is 3.20. The minimum absolute atomic E-state index is 0.00446. The fourth-order valence-corrected chi connectivity index (χ4v) is 1.89. The van der Waals surface area contributed by atoms with Crippen molar-refractivity contribution in [3.8, 4) is 0 Å². The molecule has 0 aliphatic carbocycles. The molecule has 0 spiro atoms. The number of carbonyl (C=O) groups excluding carboxylic acids is 1. The van der Waals surface area contributed by atoms with Crippen LogP contribution in [-0.4, -0.2) is 17.0 Å². The molecule has 1 amide bonds. The molecule has 0 fully saturated rings. The van der Waals surface area contributed by atoms with E-state index in [4.69, 9.17) is 5.11 Å². The molecule has 0 atom stereocenters. The van der Waals surface area contributed by atoms with E-state index in [-0.39, 0.29) is 11.1 Å². The molecule has 0 saturated carbocycles. The van der Waals surface area contributed by atoms with Crippen molar-refractivity contribution < 1.29 is 14.7 Å². The standard InChI is InChI=1S/C16H15NO3/c1-2-11-7-9-12(10-8-11)17-15(18)13-5-3-4-6-14(13)16(19)20/h3-10H,2H2,1H3,(H,17,18)(H,19,20). The van der Waals surface area contributed by atoms with E-state index in [0.717, 1.165) is 6.42 Å². The third-order valence-electron chi connectivity index (χ3n) is 3.02. The van der Waals surface area contributed by atoms with Crippen LogP contribution in [0.2, 0.25) is 0 Å². The number of carboxylic acid groups (broad SMARTS) is 1. The molecule has 2 rings (SSSR count). The summed E-state index contributed by atoms with van der Waals surface area (Å²) < 4.78 is 0. The van der Waals surface area contributed by atoms with Gasteiger partial charge in [0.1, 0.15) is 0 Å². The second-order valence-electron chi connectivity index (χ2n) is 4.36. The Morgan fingerprint density at radius 1 is 1.00 bits per heavy atom. The SMILES string of the molecule is CCc1ccc(NC(=O)c2ccccc2C(=O)O)cc1. The van der Waals surface area contributed by atoms with Gasteiger partial charge in [-0.3, -0.25) is 4.79 Å². The Kier molecular flexibility index (Phi) is 4.15. The van der Waals surface area contributed by atoms with Crippen molar-refractivity contribution in [3.05, 3.63) is 65.2 Å². The Balaban J connectivity index is 2.21. The molecule has 0 unspecified atom stereocenters. The van der Waals surface area contributed by atoms with Gasteiger partial charge in [0.2, 0.25) is 0 Å². The number of hydrogen-bond acceptors (Lipinski definition) is 2. The van der Waals surface area contributed by atoms with E-state index in [9.17, 15) is 9.59 Å². The molecule has 0 saturated heterocycles. The zero-order valence-corrected chi connectivity index (χ0v) is 11.1. The van der Waals surface area contributed by atoms with Gasteiger partial charge in [-0.05, 0) is 36.2 Å². The molecule has 2 aromatic rings. The van der Waals surface area contributed by atoms with E-state index in [2.05, 4.69) is 12.2 Å². The maximum absolute atomic E-state index is 12.1. The normalized spacial score (nSPS) is 10.1. The Morgan fingerprint density at radius 2 is 1.60 bits per heavy atom. The maximum Gasteiger partial charge on any atom is 0.336 e. The van der Waals surface area contributed by atoms with Crippen LogP contribution in [-0.2, 0) is 6.42 Å². The zero-order chi connectivity index (χ0) is 14.5. The fraction of sp³-hybridized carbons (Fsp3) is 0.125. The first-order valence-corrected chi connectivity index (χ1v) is 6.34. The van der Waals surface area contributed by atoms with Crippen LogP contribution in [0.4, 0.5) is 5.69 Å². The Morgan fingerprint density at radius 3 is 2.15 bits per heavy atom. The van der Waals surface area contributed by atoms with Gasteiger partial charge in [0.05, 0.1) is 11.1 Å². The second-order valence-corrected chi connectivity index (χ2v) is 4.36. The quantitative estimate of drug-likeness (QED) is 0.895. The fourth-order valence-electron chi connectivity index (χ4n) is 1.89. The molecule has 0 aliphatic rings. The van der Waals surface area contributed by atoms with Crippen molar-refractivity contribution in [2.24, 2.45) is 0 Å². The van der Waals surface area contributed by atoms with Crippen LogP contribution >= 0.6 is 0 Å². The minimum Gasteiger partial charge on any atom is -0.478 e. The molecule has 2 N–H and O–H groups in total. The molecule has 102 valence electrons. The number of aromatic carboxylic acids is 1. The van der Waals surface area contributed by atoms with E-state index in [0.29, 0.717) is 5.69 Å². The summed E-state index contributed by atoms with van der Waals surface area (Å²) in [6.07, 6.45) is 0.927. The van der Waals surface area contributed by atoms with Crippen molar-refractivity contribution in [2.45, 2.75) is 13.3 Å². The number of aryl methyl sites for hydroxylation is 1. The molecule has 0 radical (unpaired) electrons. The number of carbonyl (C=O) groups is 2. The first kappa shape index (κ1) is 13.8. The average Bonchev–Trinajstić information content (AvgIpc) is 2.48. The third-order valence-corrected chi connectivity index (χ3v) is 3.02. The van der Waals surface area contributed by atoms with Crippen molar-refractivity contribution in [2.75, 3.05) is 5.32 Å². The molecule has 0 bridgehead atoms. The highest BCUT2D eigenvalue weighted by Crippen LogP contribution is 2.14. The van der Waals surface area contributed by atoms with Gasteiger partial charge in [-0.2, -0.15) is 0 Å². The lowest BCUT2D eigenvalue weighted by Crippen LogP contribution is -2.16. The summed E-state index contributed by atoms with van der Waals surface area (Å²) in [6.45, 7) is 2.05. The summed E-state index contributed by atoms with van der Waals surface area (Å²) in [5.41, 5.74) is 1.97. The molecule has 0 heterocycles. The number of nitrogens with one attached hydrogen (secondary N) is 1. The van der Waals surface area contributed by atoms with Crippen LogP contribution < -0.4 is 5.32 Å². The first-order valence-electron chi connectivity index (χ1n) is 6.34. The highest BCUT2D eigenvalue weighted by molar-refractivity contribution is 6.10. The number of carboxylic acids is 1. The number of hydrogen-bond donors (Lipinski definition) is 2. The number of benzene rings is 2. The molecule has 4 heteroatoms. The lowest BCUT2D eigenvalue weighted by Gasteiger charge is -2.08. The van der Waals surface area contributed by atoms with Gasteiger partial charge >= 0.3 is 5.97 Å². The van der Waals surface area contributed by atoms with E-state index >= 15 is 0 Å². The van der Waals surface area contributed by atoms with Gasteiger partial charge in [-0.1, -0.05) is 31.2 Å². The van der Waals surface area contributed by atoms with Crippen molar-refractivity contribution in [1.29, 1.82) is 0 Å². The van der Waals surface area contributed by atoms with Crippen LogP contribution in [0.5, 0.6) is 0 Å². The van der Waals surface area contributed by atoms with Gasteiger partial charge in [-0.25, -0.2) is 4.79 Å². The average molecular weight is 269 g/mol. The number of amides is 1. The van der Waals surface area contributed by atoms with Gasteiger partial charge in [0.25, 0.3) is 5.91 Å². The minimum atomic E-state index is -1.11. The van der Waals surface area contributed by atoms with E-state index < -0.39 is 11.9 Å². The van der Waals surface area contributed by atoms with Crippen LogP contribution in [0.3, 0.4) is 0 Å². The Hall–Kier alpha value is -2.62. The first-order chi connectivity index (χ1) is 9.61. The lowest BCUT2D eigenvalue weighted by atomic mass is 10.1. The van der Waals surface area contributed by atoms with E-state index in [1.807, 2.05) is 12.1 Å². The highest BCUT2D eigenvalue weighted by atomic mass is 16.4. The zero-order valence-electron chi connectivity index (χ0n) is 11.1. The van der Waals surface area contributed by atoms with Gasteiger partial charge in [0.15, 0.2) is 0 Å². The summed E-state index contributed by atoms with van der Waals surface area (Å²) in [6, 6.07) is 13.6. The van der Waals surface area contributed by atoms with Crippen molar-refractivity contribution >= 4 is 17.6 Å². The monoisotopic (exact) mass is 269 g/mol. The third kappa shape index (κ3) is 3.03. The largest absolute Gasteiger partial charge is 0.478 e. The predicted molar refractivity (Wildman–Crippen MR) is 77.2 cm³/mol.